The van der Waals surface area contributed by atoms with E-state index in [0.717, 1.165) is 17.1 Å². The zero-order chi connectivity index (χ0) is 19.4. The molecule has 9 heteroatoms. The Hall–Kier alpha value is -2.03. The summed E-state index contributed by atoms with van der Waals surface area (Å²) in [5.74, 6) is 2.91. The number of nitrogens with zero attached hydrogens (tertiary/aromatic N) is 2. The maximum absolute atomic E-state index is 13.2. The molecule has 0 aliphatic heterocycles. The van der Waals surface area contributed by atoms with Gasteiger partial charge in [-0.1, -0.05) is 17.7 Å². The summed E-state index contributed by atoms with van der Waals surface area (Å²) in [7, 11) is 3.20. The Kier molecular flexibility index (Phi) is 6.41. The Labute approximate surface area is 170 Å². The standard InChI is InChI=1S/C18H17ClFN3O2S2/c1-24-13-5-6-16(25-2)15(8-13)23-17(21-22-18(23)26)10-27-9-11-3-4-12(20)7-14(11)19/h3-8H,9-10H2,1-2H3,(H,22,26). The molecule has 0 saturated heterocycles. The summed E-state index contributed by atoms with van der Waals surface area (Å²) in [4.78, 5) is 0. The van der Waals surface area contributed by atoms with Gasteiger partial charge in [-0.25, -0.2) is 4.39 Å². The summed E-state index contributed by atoms with van der Waals surface area (Å²) in [6.45, 7) is 0. The van der Waals surface area contributed by atoms with Gasteiger partial charge in [0, 0.05) is 16.8 Å². The Morgan fingerprint density at radius 3 is 2.70 bits per heavy atom. The Morgan fingerprint density at radius 1 is 1.19 bits per heavy atom. The van der Waals surface area contributed by atoms with Gasteiger partial charge in [0.15, 0.2) is 4.77 Å². The molecule has 3 rings (SSSR count). The van der Waals surface area contributed by atoms with Crippen LogP contribution in [0.1, 0.15) is 11.4 Å². The molecule has 0 fully saturated rings. The molecule has 0 bridgehead atoms. The van der Waals surface area contributed by atoms with Gasteiger partial charge >= 0.3 is 0 Å². The lowest BCUT2D eigenvalue weighted by Crippen LogP contribution is -2.03. The molecule has 0 aliphatic carbocycles. The molecule has 2 aromatic carbocycles. The molecule has 3 aromatic rings. The second-order valence-corrected chi connectivity index (χ2v) is 7.33. The molecule has 1 aromatic heterocycles. The number of rotatable bonds is 7. The van der Waals surface area contributed by atoms with Gasteiger partial charge < -0.3 is 9.47 Å². The first-order valence-corrected chi connectivity index (χ1v) is 9.88. The minimum absolute atomic E-state index is 0.347. The summed E-state index contributed by atoms with van der Waals surface area (Å²) >= 11 is 13.1. The Bertz CT molecular complexity index is 1010. The molecule has 0 atom stereocenters. The summed E-state index contributed by atoms with van der Waals surface area (Å²) in [6.07, 6.45) is 0. The van der Waals surface area contributed by atoms with Crippen LogP contribution < -0.4 is 9.47 Å². The van der Waals surface area contributed by atoms with Crippen molar-refractivity contribution in [2.24, 2.45) is 0 Å². The lowest BCUT2D eigenvalue weighted by molar-refractivity contribution is 0.401. The van der Waals surface area contributed by atoms with Crippen LogP contribution in [0.25, 0.3) is 5.69 Å². The van der Waals surface area contributed by atoms with Gasteiger partial charge in [0.05, 0.1) is 25.7 Å². The number of benzene rings is 2. The van der Waals surface area contributed by atoms with Gasteiger partial charge in [0.25, 0.3) is 0 Å². The third kappa shape index (κ3) is 4.45. The van der Waals surface area contributed by atoms with Crippen molar-refractivity contribution in [2.45, 2.75) is 11.5 Å². The molecule has 142 valence electrons. The SMILES string of the molecule is COc1ccc(OC)c(-n2c(CSCc3ccc(F)cc3Cl)n[nH]c2=S)c1. The minimum Gasteiger partial charge on any atom is -0.497 e. The number of aromatic nitrogens is 3. The van der Waals surface area contributed by atoms with Crippen LogP contribution in [0.3, 0.4) is 0 Å². The highest BCUT2D eigenvalue weighted by Gasteiger charge is 2.14. The number of methoxy groups -OCH3 is 2. The molecule has 1 N–H and O–H groups in total. The van der Waals surface area contributed by atoms with Crippen LogP contribution in [0.5, 0.6) is 11.5 Å². The maximum Gasteiger partial charge on any atom is 0.200 e. The lowest BCUT2D eigenvalue weighted by atomic mass is 10.2. The average molecular weight is 426 g/mol. The van der Waals surface area contributed by atoms with E-state index < -0.39 is 0 Å². The van der Waals surface area contributed by atoms with E-state index in [4.69, 9.17) is 33.3 Å². The van der Waals surface area contributed by atoms with Gasteiger partial charge in [-0.15, -0.1) is 11.8 Å². The van der Waals surface area contributed by atoms with Crippen LogP contribution in [0.2, 0.25) is 5.02 Å². The van der Waals surface area contributed by atoms with E-state index in [9.17, 15) is 4.39 Å². The van der Waals surface area contributed by atoms with Crippen molar-refractivity contribution in [3.63, 3.8) is 0 Å². The summed E-state index contributed by atoms with van der Waals surface area (Å²) < 4.78 is 26.2. The monoisotopic (exact) mass is 425 g/mol. The van der Waals surface area contributed by atoms with Gasteiger partial charge in [0.1, 0.15) is 23.1 Å². The Balaban J connectivity index is 1.84. The van der Waals surface area contributed by atoms with Crippen molar-refractivity contribution < 1.29 is 13.9 Å². The number of nitrogens with one attached hydrogen (secondary N) is 1. The molecular formula is C18H17ClFN3O2S2. The lowest BCUT2D eigenvalue weighted by Gasteiger charge is -2.13. The second-order valence-electron chi connectivity index (χ2n) is 5.55. The maximum atomic E-state index is 13.2. The molecule has 0 amide bonds. The molecule has 0 saturated carbocycles. The summed E-state index contributed by atoms with van der Waals surface area (Å²) in [5, 5.41) is 7.56. The van der Waals surface area contributed by atoms with Crippen LogP contribution in [0.4, 0.5) is 4.39 Å². The fraction of sp³-hybridized carbons (Fsp3) is 0.222. The van der Waals surface area contributed by atoms with E-state index in [0.29, 0.717) is 32.8 Å². The average Bonchev–Trinajstić information content (AvgIpc) is 3.03. The van der Waals surface area contributed by atoms with Gasteiger partial charge in [-0.05, 0) is 42.0 Å². The van der Waals surface area contributed by atoms with Crippen LogP contribution in [0, 0.1) is 10.6 Å². The van der Waals surface area contributed by atoms with Crippen molar-refractivity contribution in [1.82, 2.24) is 14.8 Å². The van der Waals surface area contributed by atoms with Crippen LogP contribution in [-0.2, 0) is 11.5 Å². The summed E-state index contributed by atoms with van der Waals surface area (Å²) in [6, 6.07) is 9.88. The largest absolute Gasteiger partial charge is 0.497 e. The molecule has 1 heterocycles. The predicted molar refractivity (Wildman–Crippen MR) is 108 cm³/mol. The normalized spacial score (nSPS) is 10.8. The molecule has 0 unspecified atom stereocenters. The first kappa shape index (κ1) is 19.7. The van der Waals surface area contributed by atoms with Crippen molar-refractivity contribution in [3.05, 3.63) is 63.4 Å². The zero-order valence-electron chi connectivity index (χ0n) is 14.7. The topological polar surface area (TPSA) is 52.1 Å². The molecule has 5 nitrogen and oxygen atoms in total. The third-order valence-corrected chi connectivity index (χ3v) is 5.48. The van der Waals surface area contributed by atoms with Crippen LogP contribution in [0.15, 0.2) is 36.4 Å². The Morgan fingerprint density at radius 2 is 2.00 bits per heavy atom. The van der Waals surface area contributed by atoms with Crippen molar-refractivity contribution in [3.8, 4) is 17.2 Å². The first-order chi connectivity index (χ1) is 13.0. The number of halogens is 2. The second kappa shape index (κ2) is 8.77. The zero-order valence-corrected chi connectivity index (χ0v) is 17.1. The number of H-pyrrole nitrogens is 1. The predicted octanol–water partition coefficient (Wildman–Crippen LogP) is 5.17. The quantitative estimate of drug-likeness (QED) is 0.529. The number of aromatic amines is 1. The number of ether oxygens (including phenoxy) is 2. The van der Waals surface area contributed by atoms with E-state index in [-0.39, 0.29) is 5.82 Å². The number of thioether (sulfide) groups is 1. The van der Waals surface area contributed by atoms with Crippen LogP contribution in [-0.4, -0.2) is 29.0 Å². The van der Waals surface area contributed by atoms with Gasteiger partial charge in [-0.3, -0.25) is 9.67 Å². The number of hydrogen-bond donors (Lipinski definition) is 1. The van der Waals surface area contributed by atoms with E-state index in [1.165, 1.54) is 12.1 Å². The molecule has 27 heavy (non-hydrogen) atoms. The minimum atomic E-state index is -0.347. The van der Waals surface area contributed by atoms with Gasteiger partial charge in [-0.2, -0.15) is 5.10 Å². The fourth-order valence-corrected chi connectivity index (χ4v) is 4.05. The first-order valence-electron chi connectivity index (χ1n) is 7.94. The van der Waals surface area contributed by atoms with Crippen molar-refractivity contribution >= 4 is 35.6 Å². The third-order valence-electron chi connectivity index (χ3n) is 3.87. The molecule has 0 aliphatic rings. The van der Waals surface area contributed by atoms with Gasteiger partial charge in [0.2, 0.25) is 0 Å². The summed E-state index contributed by atoms with van der Waals surface area (Å²) in [5.41, 5.74) is 1.61. The van der Waals surface area contributed by atoms with Crippen LogP contribution >= 0.6 is 35.6 Å². The fourth-order valence-electron chi connectivity index (χ4n) is 2.54. The van der Waals surface area contributed by atoms with E-state index in [2.05, 4.69) is 10.2 Å². The van der Waals surface area contributed by atoms with E-state index >= 15 is 0 Å². The van der Waals surface area contributed by atoms with E-state index in [1.54, 1.807) is 32.0 Å². The molecule has 0 spiro atoms. The highest BCUT2D eigenvalue weighted by Crippen LogP contribution is 2.30. The van der Waals surface area contributed by atoms with Crippen molar-refractivity contribution in [2.75, 3.05) is 14.2 Å². The smallest absolute Gasteiger partial charge is 0.200 e. The highest BCUT2D eigenvalue weighted by atomic mass is 35.5. The molecule has 0 radical (unpaired) electrons. The van der Waals surface area contributed by atoms with Crippen molar-refractivity contribution in [1.29, 1.82) is 0 Å². The highest BCUT2D eigenvalue weighted by molar-refractivity contribution is 7.97. The number of hydrogen-bond acceptors (Lipinski definition) is 5. The molecular weight excluding hydrogens is 409 g/mol. The van der Waals surface area contributed by atoms with E-state index in [1.807, 2.05) is 22.8 Å².